The summed E-state index contributed by atoms with van der Waals surface area (Å²) in [5.41, 5.74) is 1.28. The highest BCUT2D eigenvalue weighted by atomic mass is 16.5. The van der Waals surface area contributed by atoms with Gasteiger partial charge >= 0.3 is 0 Å². The average Bonchev–Trinajstić information content (AvgIpc) is 1.55. The normalized spacial score (nSPS) is 15.9. The Balaban J connectivity index is 2.17. The summed E-state index contributed by atoms with van der Waals surface area (Å²) >= 11 is 0. The Bertz CT molecular complexity index is 111. The van der Waals surface area contributed by atoms with E-state index in [1.54, 1.807) is 7.11 Å². The van der Waals surface area contributed by atoms with Crippen molar-refractivity contribution in [1.29, 1.82) is 0 Å². The zero-order valence-electron chi connectivity index (χ0n) is 4.35. The molecule has 0 saturated heterocycles. The van der Waals surface area contributed by atoms with Crippen LogP contribution in [0.25, 0.3) is 0 Å². The molecule has 7 heavy (non-hydrogen) atoms. The zero-order valence-corrected chi connectivity index (χ0v) is 4.35. The quantitative estimate of drug-likeness (QED) is 0.500. The summed E-state index contributed by atoms with van der Waals surface area (Å²) in [6, 6.07) is 0. The van der Waals surface area contributed by atoms with Crippen LogP contribution in [0.3, 0.4) is 0 Å². The Labute approximate surface area is 43.3 Å². The van der Waals surface area contributed by atoms with E-state index in [2.05, 4.69) is 0 Å². The molecule has 0 unspecified atom stereocenters. The van der Waals surface area contributed by atoms with Gasteiger partial charge in [-0.15, -0.1) is 0 Å². The lowest BCUT2D eigenvalue weighted by Crippen LogP contribution is -1.94. The molecule has 0 amide bonds. The molecule has 0 heterocycles. The molecule has 1 aliphatic carbocycles. The number of methoxy groups -OCH3 is 1. The van der Waals surface area contributed by atoms with Gasteiger partial charge in [-0.1, -0.05) is 18.2 Å². The molecule has 38 valence electrons. The van der Waals surface area contributed by atoms with E-state index in [1.807, 2.05) is 18.2 Å². The zero-order chi connectivity index (χ0) is 5.11. The van der Waals surface area contributed by atoms with Gasteiger partial charge in [0.15, 0.2) is 0 Å². The van der Waals surface area contributed by atoms with E-state index in [-0.39, 0.29) is 0 Å². The van der Waals surface area contributed by atoms with Crippen molar-refractivity contribution in [3.05, 3.63) is 23.8 Å². The molecular weight excluding hydrogens is 88.1 g/mol. The molecule has 0 saturated carbocycles. The van der Waals surface area contributed by atoms with Crippen molar-refractivity contribution in [1.82, 2.24) is 0 Å². The van der Waals surface area contributed by atoms with E-state index in [0.717, 1.165) is 6.61 Å². The fraction of sp³-hybridized carbons (Fsp3) is 0.333. The molecule has 0 aromatic rings. The Morgan fingerprint density at radius 3 is 2.57 bits per heavy atom. The van der Waals surface area contributed by atoms with Crippen molar-refractivity contribution >= 4 is 0 Å². The number of hydrogen-bond acceptors (Lipinski definition) is 1. The van der Waals surface area contributed by atoms with Gasteiger partial charge in [0, 0.05) is 7.11 Å². The SMILES string of the molecule is COCC1=CC=C1. The third-order valence-electron chi connectivity index (χ3n) is 0.932. The molecule has 0 fully saturated rings. The summed E-state index contributed by atoms with van der Waals surface area (Å²) < 4.78 is 4.83. The highest BCUT2D eigenvalue weighted by molar-refractivity contribution is 5.35. The topological polar surface area (TPSA) is 9.23 Å². The van der Waals surface area contributed by atoms with Crippen LogP contribution in [0.5, 0.6) is 0 Å². The summed E-state index contributed by atoms with van der Waals surface area (Å²) in [6.07, 6.45) is 6.10. The van der Waals surface area contributed by atoms with E-state index in [1.165, 1.54) is 5.57 Å². The minimum absolute atomic E-state index is 0.760. The molecular formula is C6H8O. The Morgan fingerprint density at radius 1 is 1.71 bits per heavy atom. The van der Waals surface area contributed by atoms with Crippen molar-refractivity contribution < 1.29 is 4.74 Å². The second-order valence-corrected chi connectivity index (χ2v) is 1.53. The Morgan fingerprint density at radius 2 is 2.43 bits per heavy atom. The van der Waals surface area contributed by atoms with Crippen molar-refractivity contribution in [3.63, 3.8) is 0 Å². The maximum absolute atomic E-state index is 4.83. The minimum atomic E-state index is 0.760. The average molecular weight is 96.1 g/mol. The largest absolute Gasteiger partial charge is 0.380 e. The molecule has 1 rings (SSSR count). The number of hydrogen-bond donors (Lipinski definition) is 0. The van der Waals surface area contributed by atoms with Crippen LogP contribution in [0.2, 0.25) is 0 Å². The summed E-state index contributed by atoms with van der Waals surface area (Å²) in [5, 5.41) is 0. The van der Waals surface area contributed by atoms with Crippen LogP contribution in [-0.4, -0.2) is 13.7 Å². The first kappa shape index (κ1) is 4.60. The smallest absolute Gasteiger partial charge is 0.0713 e. The van der Waals surface area contributed by atoms with Gasteiger partial charge in [0.1, 0.15) is 0 Å². The monoisotopic (exact) mass is 96.1 g/mol. The van der Waals surface area contributed by atoms with Gasteiger partial charge in [-0.25, -0.2) is 0 Å². The van der Waals surface area contributed by atoms with Crippen LogP contribution in [-0.2, 0) is 4.74 Å². The summed E-state index contributed by atoms with van der Waals surface area (Å²) in [4.78, 5) is 0. The lowest BCUT2D eigenvalue weighted by molar-refractivity contribution is 0.227. The van der Waals surface area contributed by atoms with Crippen molar-refractivity contribution in [2.45, 2.75) is 0 Å². The van der Waals surface area contributed by atoms with E-state index in [9.17, 15) is 0 Å². The predicted octanol–water partition coefficient (Wildman–Crippen LogP) is 1.13. The molecule has 0 N–H and O–H groups in total. The standard InChI is InChI=1S/C6H8O/c1-7-5-6-3-2-4-6/h2-4H,5H2,1H3. The van der Waals surface area contributed by atoms with Gasteiger partial charge in [-0.05, 0) is 5.57 Å². The summed E-state index contributed by atoms with van der Waals surface area (Å²) in [6.45, 7) is 0.760. The first-order chi connectivity index (χ1) is 3.43. The number of rotatable bonds is 2. The van der Waals surface area contributed by atoms with Gasteiger partial charge in [0.25, 0.3) is 0 Å². The van der Waals surface area contributed by atoms with Crippen molar-refractivity contribution in [2.75, 3.05) is 13.7 Å². The third kappa shape index (κ3) is 0.904. The Hall–Kier alpha value is -0.560. The maximum atomic E-state index is 4.83. The first-order valence-corrected chi connectivity index (χ1v) is 2.29. The molecule has 1 aliphatic rings. The fourth-order valence-electron chi connectivity index (χ4n) is 0.495. The second kappa shape index (κ2) is 1.94. The van der Waals surface area contributed by atoms with Crippen LogP contribution in [0.4, 0.5) is 0 Å². The molecule has 1 nitrogen and oxygen atoms in total. The van der Waals surface area contributed by atoms with Crippen LogP contribution in [0, 0.1) is 0 Å². The van der Waals surface area contributed by atoms with E-state index in [4.69, 9.17) is 4.74 Å². The van der Waals surface area contributed by atoms with Gasteiger partial charge in [0.05, 0.1) is 6.61 Å². The van der Waals surface area contributed by atoms with Crippen molar-refractivity contribution in [2.24, 2.45) is 0 Å². The molecule has 1 heteroatoms. The second-order valence-electron chi connectivity index (χ2n) is 1.53. The first-order valence-electron chi connectivity index (χ1n) is 2.29. The van der Waals surface area contributed by atoms with Crippen LogP contribution >= 0.6 is 0 Å². The maximum Gasteiger partial charge on any atom is 0.0713 e. The molecule has 0 bridgehead atoms. The molecule has 0 aromatic heterocycles. The van der Waals surface area contributed by atoms with Crippen LogP contribution in [0.1, 0.15) is 0 Å². The van der Waals surface area contributed by atoms with Crippen LogP contribution < -0.4 is 0 Å². The van der Waals surface area contributed by atoms with Gasteiger partial charge in [0.2, 0.25) is 0 Å². The van der Waals surface area contributed by atoms with Crippen LogP contribution in [0.15, 0.2) is 23.8 Å². The van der Waals surface area contributed by atoms with Gasteiger partial charge < -0.3 is 4.74 Å². The van der Waals surface area contributed by atoms with Gasteiger partial charge in [-0.3, -0.25) is 0 Å². The molecule has 0 aliphatic heterocycles. The van der Waals surface area contributed by atoms with E-state index in [0.29, 0.717) is 0 Å². The highest BCUT2D eigenvalue weighted by Gasteiger charge is 1.93. The highest BCUT2D eigenvalue weighted by Crippen LogP contribution is 2.05. The molecule has 0 aromatic carbocycles. The van der Waals surface area contributed by atoms with Gasteiger partial charge in [-0.2, -0.15) is 0 Å². The fourth-order valence-corrected chi connectivity index (χ4v) is 0.495. The molecule has 0 radical (unpaired) electrons. The van der Waals surface area contributed by atoms with E-state index < -0.39 is 0 Å². The lowest BCUT2D eigenvalue weighted by Gasteiger charge is -2.02. The minimum Gasteiger partial charge on any atom is -0.380 e. The number of allylic oxidation sites excluding steroid dienone is 2. The summed E-state index contributed by atoms with van der Waals surface area (Å²) in [7, 11) is 1.70. The Kier molecular flexibility index (Phi) is 1.27. The summed E-state index contributed by atoms with van der Waals surface area (Å²) in [5.74, 6) is 0. The molecule has 0 atom stereocenters. The predicted molar refractivity (Wildman–Crippen MR) is 29.1 cm³/mol. The lowest BCUT2D eigenvalue weighted by atomic mass is 10.1. The van der Waals surface area contributed by atoms with E-state index >= 15 is 0 Å². The third-order valence-corrected chi connectivity index (χ3v) is 0.932. The number of ether oxygens (including phenoxy) is 1. The van der Waals surface area contributed by atoms with Crippen molar-refractivity contribution in [3.8, 4) is 0 Å². The molecule has 0 spiro atoms.